The molecular formula is C15H18N2O4S2. The van der Waals surface area contributed by atoms with Crippen molar-refractivity contribution in [2.75, 3.05) is 17.8 Å². The molecule has 0 spiro atoms. The average molecular weight is 354 g/mol. The van der Waals surface area contributed by atoms with E-state index in [1.807, 2.05) is 10.8 Å². The Labute approximate surface area is 136 Å². The molecule has 1 aliphatic rings. The van der Waals surface area contributed by atoms with Crippen molar-refractivity contribution >= 4 is 19.7 Å². The van der Waals surface area contributed by atoms with E-state index in [-0.39, 0.29) is 22.4 Å². The van der Waals surface area contributed by atoms with Crippen molar-refractivity contribution in [2.24, 2.45) is 0 Å². The minimum atomic E-state index is -3.23. The van der Waals surface area contributed by atoms with Gasteiger partial charge in [0, 0.05) is 30.3 Å². The van der Waals surface area contributed by atoms with Crippen molar-refractivity contribution in [3.05, 3.63) is 36.7 Å². The number of aromatic nitrogens is 2. The summed E-state index contributed by atoms with van der Waals surface area (Å²) in [7, 11) is -6.13. The lowest BCUT2D eigenvalue weighted by molar-refractivity contribution is 0.453. The summed E-state index contributed by atoms with van der Waals surface area (Å²) < 4.78 is 48.2. The summed E-state index contributed by atoms with van der Waals surface area (Å²) in [6, 6.07) is 6.69. The zero-order valence-corrected chi connectivity index (χ0v) is 14.3. The lowest BCUT2D eigenvalue weighted by Crippen LogP contribution is -2.25. The van der Waals surface area contributed by atoms with Gasteiger partial charge >= 0.3 is 0 Å². The summed E-state index contributed by atoms with van der Waals surface area (Å²) in [5.41, 5.74) is 0.816. The predicted molar refractivity (Wildman–Crippen MR) is 87.7 cm³/mol. The van der Waals surface area contributed by atoms with E-state index in [9.17, 15) is 16.8 Å². The van der Waals surface area contributed by atoms with Crippen LogP contribution in [0.5, 0.6) is 0 Å². The maximum atomic E-state index is 11.6. The summed E-state index contributed by atoms with van der Waals surface area (Å²) in [5, 5.41) is 0. The molecule has 1 aromatic heterocycles. The molecule has 3 rings (SSSR count). The molecular weight excluding hydrogens is 336 g/mol. The summed E-state index contributed by atoms with van der Waals surface area (Å²) >= 11 is 0. The van der Waals surface area contributed by atoms with Gasteiger partial charge in [-0.1, -0.05) is 0 Å². The Kier molecular flexibility index (Phi) is 4.05. The number of nitrogens with zero attached hydrogens (tertiary/aromatic N) is 2. The van der Waals surface area contributed by atoms with Crippen molar-refractivity contribution in [1.82, 2.24) is 9.55 Å². The van der Waals surface area contributed by atoms with Crippen LogP contribution in [0.3, 0.4) is 0 Å². The van der Waals surface area contributed by atoms with Crippen LogP contribution in [0.25, 0.3) is 11.4 Å². The molecule has 0 atom stereocenters. The molecule has 1 saturated heterocycles. The quantitative estimate of drug-likeness (QED) is 0.837. The molecule has 2 aromatic rings. The molecule has 1 fully saturated rings. The van der Waals surface area contributed by atoms with Gasteiger partial charge in [0.25, 0.3) is 0 Å². The Bertz CT molecular complexity index is 899. The minimum Gasteiger partial charge on any atom is -0.328 e. The predicted octanol–water partition coefficient (Wildman–Crippen LogP) is 1.70. The molecule has 0 amide bonds. The zero-order valence-electron chi connectivity index (χ0n) is 12.7. The lowest BCUT2D eigenvalue weighted by atomic mass is 10.1. The zero-order chi connectivity index (χ0) is 16.7. The molecule has 0 bridgehead atoms. The van der Waals surface area contributed by atoms with Gasteiger partial charge in [0.2, 0.25) is 0 Å². The normalized spacial score (nSPS) is 18.8. The van der Waals surface area contributed by atoms with E-state index in [1.165, 1.54) is 6.26 Å². The molecule has 6 nitrogen and oxygen atoms in total. The van der Waals surface area contributed by atoms with E-state index in [1.54, 1.807) is 30.5 Å². The fourth-order valence-corrected chi connectivity index (χ4v) is 4.94. The van der Waals surface area contributed by atoms with E-state index in [2.05, 4.69) is 4.98 Å². The third-order valence-corrected chi connectivity index (χ3v) is 6.97. The van der Waals surface area contributed by atoms with Gasteiger partial charge in [-0.25, -0.2) is 21.8 Å². The van der Waals surface area contributed by atoms with Crippen molar-refractivity contribution < 1.29 is 16.8 Å². The highest BCUT2D eigenvalue weighted by atomic mass is 32.2. The van der Waals surface area contributed by atoms with Gasteiger partial charge < -0.3 is 4.57 Å². The first-order chi connectivity index (χ1) is 10.8. The van der Waals surface area contributed by atoms with Gasteiger partial charge in [-0.05, 0) is 37.1 Å². The van der Waals surface area contributed by atoms with E-state index < -0.39 is 19.7 Å². The van der Waals surface area contributed by atoms with E-state index in [0.717, 1.165) is 11.4 Å². The first-order valence-electron chi connectivity index (χ1n) is 7.30. The standard InChI is InChI=1S/C15H18N2O4S2/c1-22(18,19)14-4-2-12(3-5-14)15-16-8-9-17(15)13-6-10-23(20,21)11-7-13/h2-5,8-9,13H,6-7,10-11H2,1H3. The van der Waals surface area contributed by atoms with E-state index >= 15 is 0 Å². The number of hydrogen-bond donors (Lipinski definition) is 0. The van der Waals surface area contributed by atoms with Crippen LogP contribution in [-0.4, -0.2) is 44.1 Å². The summed E-state index contributed by atoms with van der Waals surface area (Å²) in [5.74, 6) is 1.12. The van der Waals surface area contributed by atoms with Crippen LogP contribution < -0.4 is 0 Å². The topological polar surface area (TPSA) is 86.1 Å². The Morgan fingerprint density at radius 3 is 2.30 bits per heavy atom. The third kappa shape index (κ3) is 3.48. The van der Waals surface area contributed by atoms with Gasteiger partial charge in [0.05, 0.1) is 16.4 Å². The van der Waals surface area contributed by atoms with Crippen LogP contribution in [0.1, 0.15) is 18.9 Å². The maximum absolute atomic E-state index is 11.6. The summed E-state index contributed by atoms with van der Waals surface area (Å²) in [6.45, 7) is 0. The van der Waals surface area contributed by atoms with Crippen LogP contribution in [0.15, 0.2) is 41.6 Å². The van der Waals surface area contributed by atoms with E-state index in [0.29, 0.717) is 12.8 Å². The molecule has 0 unspecified atom stereocenters. The highest BCUT2D eigenvalue weighted by Crippen LogP contribution is 2.29. The Balaban J connectivity index is 1.90. The van der Waals surface area contributed by atoms with Crippen LogP contribution >= 0.6 is 0 Å². The Morgan fingerprint density at radius 2 is 1.74 bits per heavy atom. The largest absolute Gasteiger partial charge is 0.328 e. The maximum Gasteiger partial charge on any atom is 0.175 e. The second kappa shape index (κ2) is 5.76. The Hall–Kier alpha value is -1.67. The molecule has 0 N–H and O–H groups in total. The summed E-state index contributed by atoms with van der Waals surface area (Å²) in [4.78, 5) is 4.62. The SMILES string of the molecule is CS(=O)(=O)c1ccc(-c2nccn2C2CCS(=O)(=O)CC2)cc1. The molecule has 1 aliphatic heterocycles. The smallest absolute Gasteiger partial charge is 0.175 e. The second-order valence-electron chi connectivity index (χ2n) is 5.84. The molecule has 0 saturated carbocycles. The summed E-state index contributed by atoms with van der Waals surface area (Å²) in [6.07, 6.45) is 5.86. The highest BCUT2D eigenvalue weighted by molar-refractivity contribution is 7.91. The van der Waals surface area contributed by atoms with Crippen LogP contribution in [0, 0.1) is 0 Å². The molecule has 2 heterocycles. The average Bonchev–Trinajstić information content (AvgIpc) is 2.96. The molecule has 23 heavy (non-hydrogen) atoms. The molecule has 8 heteroatoms. The molecule has 0 radical (unpaired) electrons. The van der Waals surface area contributed by atoms with Crippen LogP contribution in [-0.2, 0) is 19.7 Å². The third-order valence-electron chi connectivity index (χ3n) is 4.13. The van der Waals surface area contributed by atoms with Crippen molar-refractivity contribution in [1.29, 1.82) is 0 Å². The monoisotopic (exact) mass is 354 g/mol. The minimum absolute atomic E-state index is 0.102. The number of benzene rings is 1. The van der Waals surface area contributed by atoms with Crippen molar-refractivity contribution in [2.45, 2.75) is 23.8 Å². The first-order valence-corrected chi connectivity index (χ1v) is 11.0. The molecule has 124 valence electrons. The number of hydrogen-bond acceptors (Lipinski definition) is 5. The van der Waals surface area contributed by atoms with Crippen LogP contribution in [0.4, 0.5) is 0 Å². The first kappa shape index (κ1) is 16.2. The highest BCUT2D eigenvalue weighted by Gasteiger charge is 2.26. The number of sulfone groups is 2. The van der Waals surface area contributed by atoms with E-state index in [4.69, 9.17) is 0 Å². The van der Waals surface area contributed by atoms with Crippen LogP contribution in [0.2, 0.25) is 0 Å². The van der Waals surface area contributed by atoms with Gasteiger partial charge in [-0.15, -0.1) is 0 Å². The number of rotatable bonds is 3. The Morgan fingerprint density at radius 1 is 1.13 bits per heavy atom. The molecule has 0 aliphatic carbocycles. The number of imidazole rings is 1. The van der Waals surface area contributed by atoms with Gasteiger partial charge in [-0.3, -0.25) is 0 Å². The fourth-order valence-electron chi connectivity index (χ4n) is 2.84. The van der Waals surface area contributed by atoms with Crippen molar-refractivity contribution in [3.63, 3.8) is 0 Å². The van der Waals surface area contributed by atoms with Crippen molar-refractivity contribution in [3.8, 4) is 11.4 Å². The fraction of sp³-hybridized carbons (Fsp3) is 0.400. The molecule has 1 aromatic carbocycles. The van der Waals surface area contributed by atoms with Gasteiger partial charge in [0.1, 0.15) is 15.7 Å². The second-order valence-corrected chi connectivity index (χ2v) is 10.2. The van der Waals surface area contributed by atoms with Gasteiger partial charge in [0.15, 0.2) is 9.84 Å². The van der Waals surface area contributed by atoms with Gasteiger partial charge in [-0.2, -0.15) is 0 Å². The lowest BCUT2D eigenvalue weighted by Gasteiger charge is -2.24.